The van der Waals surface area contributed by atoms with Gasteiger partial charge in [0, 0.05) is 35.9 Å². The van der Waals surface area contributed by atoms with Gasteiger partial charge in [0.25, 0.3) is 0 Å². The van der Waals surface area contributed by atoms with Crippen LogP contribution in [0, 0.1) is 23.0 Å². The third-order valence-corrected chi connectivity index (χ3v) is 8.00. The predicted octanol–water partition coefficient (Wildman–Crippen LogP) is 5.78. The summed E-state index contributed by atoms with van der Waals surface area (Å²) < 4.78 is 40.1. The number of rotatable bonds is 9. The fourth-order valence-electron chi connectivity index (χ4n) is 5.09. The highest BCUT2D eigenvalue weighted by Gasteiger charge is 2.56. The lowest BCUT2D eigenvalue weighted by Gasteiger charge is -2.28. The molecule has 6 rings (SSSR count). The molecule has 2 aromatic carbocycles. The topological polar surface area (TPSA) is 106 Å². The number of nitrogens with zero attached hydrogens (tertiary/aromatic N) is 3. The molecule has 9 nitrogen and oxygen atoms in total. The molecular weight excluding hydrogens is 556 g/mol. The molecule has 3 heterocycles. The van der Waals surface area contributed by atoms with Crippen molar-refractivity contribution >= 4 is 34.1 Å². The molecule has 0 radical (unpaired) electrons. The van der Waals surface area contributed by atoms with E-state index in [0.29, 0.717) is 53.6 Å². The number of fused-ring (bicyclic) bond motifs is 1. The number of likely N-dealkylation sites (tertiary alicyclic amines) is 1. The van der Waals surface area contributed by atoms with Gasteiger partial charge >= 0.3 is 0 Å². The summed E-state index contributed by atoms with van der Waals surface area (Å²) >= 11 is 0. The first-order valence-corrected chi connectivity index (χ1v) is 14.2. The number of hydrogen-bond acceptors (Lipinski definition) is 7. The van der Waals surface area contributed by atoms with E-state index >= 15 is 4.39 Å². The molecule has 1 saturated carbocycles. The second-order valence-corrected chi connectivity index (χ2v) is 11.2. The molecule has 2 fully saturated rings. The van der Waals surface area contributed by atoms with Crippen LogP contribution >= 0.6 is 0 Å². The Morgan fingerprint density at radius 2 is 1.63 bits per heavy atom. The van der Waals surface area contributed by atoms with Crippen molar-refractivity contribution in [1.29, 1.82) is 0 Å². The molecule has 222 valence electrons. The van der Waals surface area contributed by atoms with Crippen molar-refractivity contribution < 1.29 is 27.8 Å². The molecule has 1 saturated heterocycles. The van der Waals surface area contributed by atoms with E-state index in [1.165, 1.54) is 36.4 Å². The lowest BCUT2D eigenvalue weighted by Crippen LogP contribution is -2.35. The van der Waals surface area contributed by atoms with Crippen LogP contribution < -0.4 is 20.1 Å². The fraction of sp³-hybridized carbons (Fsp3) is 0.312. The summed E-state index contributed by atoms with van der Waals surface area (Å²) in [6.45, 7) is 2.71. The van der Waals surface area contributed by atoms with Crippen molar-refractivity contribution in [3.8, 4) is 17.4 Å². The Balaban J connectivity index is 1.09. The van der Waals surface area contributed by atoms with Crippen LogP contribution in [0.3, 0.4) is 0 Å². The molecule has 4 aromatic rings. The number of piperidine rings is 1. The summed E-state index contributed by atoms with van der Waals surface area (Å²) in [5, 5.41) is 5.87. The van der Waals surface area contributed by atoms with Gasteiger partial charge in [0.05, 0.1) is 17.5 Å². The highest BCUT2D eigenvalue weighted by molar-refractivity contribution is 6.16. The zero-order valence-corrected chi connectivity index (χ0v) is 23.6. The number of benzene rings is 2. The van der Waals surface area contributed by atoms with Crippen LogP contribution in [-0.2, 0) is 9.59 Å². The van der Waals surface area contributed by atoms with Crippen molar-refractivity contribution in [3.63, 3.8) is 0 Å². The maximum absolute atomic E-state index is 15.1. The number of pyridine rings is 2. The largest absolute Gasteiger partial charge is 0.477 e. The summed E-state index contributed by atoms with van der Waals surface area (Å²) in [4.78, 5) is 36.9. The fourth-order valence-corrected chi connectivity index (χ4v) is 5.09. The molecule has 2 N–H and O–H groups in total. The number of hydrogen-bond donors (Lipinski definition) is 2. The molecule has 43 heavy (non-hydrogen) atoms. The van der Waals surface area contributed by atoms with Crippen LogP contribution in [0.5, 0.6) is 17.4 Å². The number of aromatic nitrogens is 2. The van der Waals surface area contributed by atoms with Crippen LogP contribution in [0.2, 0.25) is 0 Å². The third-order valence-electron chi connectivity index (χ3n) is 8.00. The normalized spacial score (nSPS) is 16.4. The molecule has 0 spiro atoms. The number of carbonyl (C=O) groups is 2. The van der Waals surface area contributed by atoms with Crippen LogP contribution in [0.4, 0.5) is 20.2 Å². The van der Waals surface area contributed by atoms with E-state index in [1.807, 2.05) is 0 Å². The molecular formula is C32H31F2N5O4. The molecule has 0 bridgehead atoms. The minimum absolute atomic E-state index is 0.0525. The average Bonchev–Trinajstić information content (AvgIpc) is 3.82. The van der Waals surface area contributed by atoms with Gasteiger partial charge < -0.3 is 25.0 Å². The SMILES string of the molecule is CN1CCC(COc2cc3nccc(Oc4ccc(NC(=O)C5(C(=O)Nc6ccc(F)cc6)CC5)cc4F)c3cn2)CC1. The zero-order chi connectivity index (χ0) is 30.0. The van der Waals surface area contributed by atoms with E-state index in [-0.39, 0.29) is 11.4 Å². The first-order valence-electron chi connectivity index (χ1n) is 14.2. The third kappa shape index (κ3) is 6.41. The van der Waals surface area contributed by atoms with Crippen LogP contribution in [0.25, 0.3) is 10.9 Å². The summed E-state index contributed by atoms with van der Waals surface area (Å²) in [6, 6.07) is 12.7. The van der Waals surface area contributed by atoms with Crippen molar-refractivity contribution in [1.82, 2.24) is 14.9 Å². The Morgan fingerprint density at radius 3 is 2.33 bits per heavy atom. The van der Waals surface area contributed by atoms with Crippen molar-refractivity contribution in [2.24, 2.45) is 11.3 Å². The molecule has 2 aromatic heterocycles. The molecule has 0 unspecified atom stereocenters. The van der Waals surface area contributed by atoms with Crippen molar-refractivity contribution in [2.45, 2.75) is 25.7 Å². The second kappa shape index (κ2) is 11.9. The van der Waals surface area contributed by atoms with Gasteiger partial charge in [0.1, 0.15) is 17.0 Å². The van der Waals surface area contributed by atoms with Crippen LogP contribution in [0.1, 0.15) is 25.7 Å². The predicted molar refractivity (Wildman–Crippen MR) is 157 cm³/mol. The van der Waals surface area contributed by atoms with Gasteiger partial charge in [-0.05, 0) is 94.2 Å². The van der Waals surface area contributed by atoms with Gasteiger partial charge in [-0.15, -0.1) is 0 Å². The van der Waals surface area contributed by atoms with Crippen molar-refractivity contribution in [3.05, 3.63) is 78.6 Å². The quantitative estimate of drug-likeness (QED) is 0.239. The molecule has 0 atom stereocenters. The first-order chi connectivity index (χ1) is 20.8. The number of ether oxygens (including phenoxy) is 2. The Morgan fingerprint density at radius 1 is 0.930 bits per heavy atom. The molecule has 1 aliphatic carbocycles. The van der Waals surface area contributed by atoms with Gasteiger partial charge in [-0.3, -0.25) is 14.6 Å². The van der Waals surface area contributed by atoms with Crippen LogP contribution in [0.15, 0.2) is 67.0 Å². The van der Waals surface area contributed by atoms with E-state index in [4.69, 9.17) is 9.47 Å². The minimum Gasteiger partial charge on any atom is -0.477 e. The lowest BCUT2D eigenvalue weighted by atomic mass is 9.98. The lowest BCUT2D eigenvalue weighted by molar-refractivity contribution is -0.131. The summed E-state index contributed by atoms with van der Waals surface area (Å²) in [7, 11) is 2.12. The number of nitrogens with one attached hydrogen (secondary N) is 2. The van der Waals surface area contributed by atoms with E-state index < -0.39 is 28.9 Å². The standard InChI is InChI=1S/C32H31F2N5O4/c1-39-14-9-20(10-15-39)19-42-29-17-26-24(18-36-29)27(8-13-35-26)43-28-7-6-23(16-25(28)34)38-31(41)32(11-12-32)30(40)37-22-4-2-21(33)3-5-22/h2-8,13,16-18,20H,9-12,14-15,19H2,1H3,(H,37,40)(H,38,41). The smallest absolute Gasteiger partial charge is 0.240 e. The maximum Gasteiger partial charge on any atom is 0.240 e. The maximum atomic E-state index is 15.1. The number of anilines is 2. The highest BCUT2D eigenvalue weighted by atomic mass is 19.1. The van der Waals surface area contributed by atoms with E-state index in [1.54, 1.807) is 24.5 Å². The molecule has 11 heteroatoms. The zero-order valence-electron chi connectivity index (χ0n) is 23.6. The van der Waals surface area contributed by atoms with Crippen molar-refractivity contribution in [2.75, 3.05) is 37.4 Å². The summed E-state index contributed by atoms with van der Waals surface area (Å²) in [6.07, 6.45) is 6.04. The van der Waals surface area contributed by atoms with E-state index in [2.05, 4.69) is 32.5 Å². The molecule has 2 amide bonds. The monoisotopic (exact) mass is 587 g/mol. The van der Waals surface area contributed by atoms with E-state index in [0.717, 1.165) is 32.0 Å². The molecule has 2 aliphatic rings. The van der Waals surface area contributed by atoms with E-state index in [9.17, 15) is 14.0 Å². The van der Waals surface area contributed by atoms with Gasteiger partial charge in [-0.1, -0.05) is 0 Å². The number of halogens is 2. The Labute approximate surface area is 247 Å². The van der Waals surface area contributed by atoms with Gasteiger partial charge in [-0.2, -0.15) is 0 Å². The van der Waals surface area contributed by atoms with Gasteiger partial charge in [0.15, 0.2) is 11.6 Å². The van der Waals surface area contributed by atoms with Gasteiger partial charge in [-0.25, -0.2) is 13.8 Å². The number of amides is 2. The second-order valence-electron chi connectivity index (χ2n) is 11.2. The summed E-state index contributed by atoms with van der Waals surface area (Å²) in [5.41, 5.74) is -0.0981. The number of carbonyl (C=O) groups excluding carboxylic acids is 2. The Kier molecular flexibility index (Phi) is 7.90. The van der Waals surface area contributed by atoms with Crippen LogP contribution in [-0.4, -0.2) is 53.4 Å². The highest BCUT2D eigenvalue weighted by Crippen LogP contribution is 2.47. The molecule has 1 aliphatic heterocycles. The Bertz CT molecular complexity index is 1650. The Hall–Kier alpha value is -4.64. The van der Waals surface area contributed by atoms with Gasteiger partial charge in [0.2, 0.25) is 17.7 Å². The average molecular weight is 588 g/mol. The first kappa shape index (κ1) is 28.5. The summed E-state index contributed by atoms with van der Waals surface area (Å²) in [5.74, 6) is -0.895. The minimum atomic E-state index is -1.27.